The fraction of sp³-hybridized carbons (Fsp3) is 0.219. The van der Waals surface area contributed by atoms with Gasteiger partial charge in [0.2, 0.25) is 0 Å². The molecule has 0 saturated carbocycles. The van der Waals surface area contributed by atoms with E-state index in [-0.39, 0.29) is 10.8 Å². The normalized spacial score (nSPS) is 18.3. The summed E-state index contributed by atoms with van der Waals surface area (Å²) in [6.07, 6.45) is -0.584. The van der Waals surface area contributed by atoms with Crippen molar-refractivity contribution in [3.05, 3.63) is 131 Å². The Balaban J connectivity index is 1.53. The summed E-state index contributed by atoms with van der Waals surface area (Å²) in [5.41, 5.74) is 4.04. The molecule has 5 rings (SSSR count). The van der Waals surface area contributed by atoms with E-state index in [1.165, 1.54) is 11.1 Å². The van der Waals surface area contributed by atoms with Gasteiger partial charge >= 0.3 is 221 Å². The van der Waals surface area contributed by atoms with Crippen molar-refractivity contribution < 1.29 is 30.8 Å². The first-order valence-corrected chi connectivity index (χ1v) is 16.1. The van der Waals surface area contributed by atoms with E-state index in [0.717, 1.165) is 11.1 Å². The summed E-state index contributed by atoms with van der Waals surface area (Å²) in [6, 6.07) is 35.7. The van der Waals surface area contributed by atoms with Crippen LogP contribution in [0.2, 0.25) is 0 Å². The van der Waals surface area contributed by atoms with Crippen LogP contribution in [0.3, 0.4) is 0 Å². The molecule has 188 valence electrons. The second-order valence-corrected chi connectivity index (χ2v) is 16.5. The Morgan fingerprint density at radius 1 is 0.568 bits per heavy atom. The van der Waals surface area contributed by atoms with Crippen LogP contribution in [0.1, 0.15) is 49.9 Å². The molecule has 0 atom stereocenters. The molecule has 0 radical (unpaired) electrons. The first-order chi connectivity index (χ1) is 17.6. The molecule has 0 spiro atoms. The Morgan fingerprint density at radius 3 is 1.22 bits per heavy atom. The number of rotatable bonds is 7. The third-order valence-corrected chi connectivity index (χ3v) is 14.2. The fourth-order valence-corrected chi connectivity index (χ4v) is 10.5. The molecule has 4 aromatic carbocycles. The molecule has 4 nitrogen and oxygen atoms in total. The van der Waals surface area contributed by atoms with Crippen molar-refractivity contribution in [2.45, 2.75) is 44.8 Å². The summed E-state index contributed by atoms with van der Waals surface area (Å²) in [7, 11) is 0. The van der Waals surface area contributed by atoms with Gasteiger partial charge in [0.1, 0.15) is 0 Å². The van der Waals surface area contributed by atoms with Gasteiger partial charge in [-0.3, -0.25) is 0 Å². The Hall–Kier alpha value is -3.02. The van der Waals surface area contributed by atoms with Crippen molar-refractivity contribution in [2.24, 2.45) is 0 Å². The van der Waals surface area contributed by atoms with Crippen LogP contribution in [0.25, 0.3) is 0 Å². The summed E-state index contributed by atoms with van der Waals surface area (Å²) in [5, 5.41) is 0. The van der Waals surface area contributed by atoms with E-state index in [1.807, 2.05) is 84.9 Å². The van der Waals surface area contributed by atoms with Crippen LogP contribution in [-0.4, -0.2) is 12.6 Å². The number of hydrogen-bond acceptors (Lipinski definition) is 4. The first kappa shape index (κ1) is 25.6. The average molecular weight is 528 g/mol. The SMILES string of the molecule is CC(C)(c1ccccc1)c1cc[c]([Ti]2(=[O])([c]3ccc(C(C)(C)c4ccccc4)cc3)[O]C(C=O)[O]2)cc1. The molecule has 1 heterocycles. The topological polar surface area (TPSA) is 52.6 Å². The van der Waals surface area contributed by atoms with Gasteiger partial charge in [0, 0.05) is 0 Å². The molecule has 4 aromatic rings. The number of carbonyl (C=O) groups is 1. The molecule has 0 N–H and O–H groups in total. The zero-order valence-electron chi connectivity index (χ0n) is 21.7. The molecule has 37 heavy (non-hydrogen) atoms. The zero-order valence-corrected chi connectivity index (χ0v) is 23.2. The van der Waals surface area contributed by atoms with E-state index >= 15 is 0 Å². The Kier molecular flexibility index (Phi) is 6.28. The van der Waals surface area contributed by atoms with Crippen LogP contribution < -0.4 is 7.74 Å². The molecule has 0 amide bonds. The first-order valence-electron chi connectivity index (χ1n) is 12.6. The third-order valence-electron chi connectivity index (χ3n) is 7.97. The maximum absolute atomic E-state index is 14.8. The number of hydrogen-bond donors (Lipinski definition) is 0. The number of aldehydes is 1. The number of benzene rings is 4. The zero-order chi connectivity index (χ0) is 26.3. The van der Waals surface area contributed by atoms with Crippen molar-refractivity contribution in [1.82, 2.24) is 0 Å². The summed E-state index contributed by atoms with van der Waals surface area (Å²) >= 11 is -5.55. The van der Waals surface area contributed by atoms with E-state index in [0.29, 0.717) is 14.0 Å². The van der Waals surface area contributed by atoms with Gasteiger partial charge in [-0.05, 0) is 0 Å². The molecule has 1 aliphatic rings. The molecular weight excluding hydrogens is 496 g/mol. The van der Waals surface area contributed by atoms with Gasteiger partial charge in [-0.25, -0.2) is 0 Å². The Bertz CT molecular complexity index is 1360. The van der Waals surface area contributed by atoms with Crippen LogP contribution in [-0.2, 0) is 41.6 Å². The maximum atomic E-state index is 14.8. The van der Waals surface area contributed by atoms with E-state index < -0.39 is 22.3 Å². The Morgan fingerprint density at radius 2 is 0.892 bits per heavy atom. The van der Waals surface area contributed by atoms with Gasteiger partial charge in [0.25, 0.3) is 0 Å². The Labute approximate surface area is 220 Å². The van der Waals surface area contributed by atoms with Gasteiger partial charge in [-0.1, -0.05) is 0 Å². The second-order valence-electron chi connectivity index (χ2n) is 10.9. The van der Waals surface area contributed by atoms with Crippen molar-refractivity contribution in [3.63, 3.8) is 0 Å². The van der Waals surface area contributed by atoms with E-state index in [1.54, 1.807) is 0 Å². The summed E-state index contributed by atoms with van der Waals surface area (Å²) in [6.45, 7) is 8.64. The van der Waals surface area contributed by atoms with Crippen LogP contribution in [0.4, 0.5) is 0 Å². The minimum absolute atomic E-state index is 0.242. The molecule has 0 bridgehead atoms. The predicted molar refractivity (Wildman–Crippen MR) is 142 cm³/mol. The van der Waals surface area contributed by atoms with Crippen molar-refractivity contribution in [2.75, 3.05) is 0 Å². The fourth-order valence-electron chi connectivity index (χ4n) is 5.32. The standard InChI is InChI=1S/2C15H15.C2H2O3.O.Ti/c2*1-15(2,13-9-5-3-6-10-13)14-11-7-4-8-12-14;3-1-2(4)5;;/h2*3,5-12H,1-2H3;1-2H;;/q;;-2;;+2. The van der Waals surface area contributed by atoms with Crippen molar-refractivity contribution in [1.29, 1.82) is 0 Å². The van der Waals surface area contributed by atoms with Crippen LogP contribution in [0.5, 0.6) is 0 Å². The van der Waals surface area contributed by atoms with E-state index in [4.69, 9.17) is 6.64 Å². The van der Waals surface area contributed by atoms with E-state index in [2.05, 4.69) is 52.0 Å². The van der Waals surface area contributed by atoms with E-state index in [9.17, 15) is 8.12 Å². The third kappa shape index (κ3) is 4.19. The molecular formula is C32H32O4Ti. The molecule has 0 unspecified atom stereocenters. The van der Waals surface area contributed by atoms with Crippen LogP contribution in [0.15, 0.2) is 109 Å². The number of carbonyl (C=O) groups excluding carboxylic acids is 1. The molecule has 1 aliphatic heterocycles. The second kappa shape index (κ2) is 9.07. The van der Waals surface area contributed by atoms with Gasteiger partial charge in [0.05, 0.1) is 0 Å². The van der Waals surface area contributed by atoms with Crippen LogP contribution >= 0.6 is 0 Å². The monoisotopic (exact) mass is 528 g/mol. The quantitative estimate of drug-likeness (QED) is 0.227. The van der Waals surface area contributed by atoms with Gasteiger partial charge in [0.15, 0.2) is 0 Å². The minimum atomic E-state index is -5.55. The average Bonchev–Trinajstić information content (AvgIpc) is 2.92. The predicted octanol–water partition coefficient (Wildman–Crippen LogP) is 5.73. The molecule has 1 saturated heterocycles. The molecule has 1 fully saturated rings. The molecule has 0 aromatic heterocycles. The summed E-state index contributed by atoms with van der Waals surface area (Å²) in [5.74, 6) is 0. The van der Waals surface area contributed by atoms with Gasteiger partial charge in [-0.15, -0.1) is 0 Å². The van der Waals surface area contributed by atoms with Gasteiger partial charge in [-0.2, -0.15) is 0 Å². The summed E-state index contributed by atoms with van der Waals surface area (Å²) < 4.78 is 27.5. The van der Waals surface area contributed by atoms with Crippen LogP contribution in [0, 0.1) is 0 Å². The summed E-state index contributed by atoms with van der Waals surface area (Å²) in [4.78, 5) is 11.4. The van der Waals surface area contributed by atoms with Crippen molar-refractivity contribution >= 4 is 14.0 Å². The van der Waals surface area contributed by atoms with Crippen molar-refractivity contribution in [3.8, 4) is 0 Å². The molecule has 0 aliphatic carbocycles. The van der Waals surface area contributed by atoms with Gasteiger partial charge < -0.3 is 0 Å². The molecule has 5 heteroatoms.